The van der Waals surface area contributed by atoms with Crippen molar-refractivity contribution in [1.29, 1.82) is 0 Å². The molecule has 0 radical (unpaired) electrons. The molecule has 0 aromatic heterocycles. The second-order valence-corrected chi connectivity index (χ2v) is 4.48. The van der Waals surface area contributed by atoms with E-state index in [2.05, 4.69) is 0 Å². The largest absolute Gasteiger partial charge is 0.497 e. The third-order valence-corrected chi connectivity index (χ3v) is 3.47. The highest BCUT2D eigenvalue weighted by Crippen LogP contribution is 2.35. The van der Waals surface area contributed by atoms with Gasteiger partial charge in [0.2, 0.25) is 0 Å². The summed E-state index contributed by atoms with van der Waals surface area (Å²) >= 11 is 0. The molecule has 0 unspecified atom stereocenters. The Labute approximate surface area is 114 Å². The predicted molar refractivity (Wildman–Crippen MR) is 73.0 cm³/mol. The highest BCUT2D eigenvalue weighted by Gasteiger charge is 2.39. The average molecular weight is 266 g/mol. The minimum Gasteiger partial charge on any atom is -0.497 e. The summed E-state index contributed by atoms with van der Waals surface area (Å²) < 4.78 is 10.2. The van der Waals surface area contributed by atoms with Gasteiger partial charge in [-0.3, -0.25) is 4.79 Å². The molecular weight excluding hydrogens is 244 g/mol. The number of carbonyl (C=O) groups is 1. The van der Waals surface area contributed by atoms with Crippen LogP contribution in [0.2, 0.25) is 0 Å². The molecule has 1 rings (SSSR count). The monoisotopic (exact) mass is 266 g/mol. The Morgan fingerprint density at radius 2 is 2.11 bits per heavy atom. The van der Waals surface area contributed by atoms with Crippen molar-refractivity contribution in [2.45, 2.75) is 32.8 Å². The molecule has 0 amide bonds. The van der Waals surface area contributed by atoms with E-state index in [1.165, 1.54) is 0 Å². The molecule has 0 aliphatic rings. The van der Waals surface area contributed by atoms with Crippen LogP contribution in [0.3, 0.4) is 0 Å². The maximum Gasteiger partial charge on any atom is 0.311 e. The zero-order valence-corrected chi connectivity index (χ0v) is 12.0. The SMILES string of the molecule is CCOC(=O)[C@H](C)[C@@](O)(CC)c1cccc(OC)c1. The van der Waals surface area contributed by atoms with Gasteiger partial charge in [-0.15, -0.1) is 0 Å². The lowest BCUT2D eigenvalue weighted by molar-refractivity contribution is -0.158. The zero-order chi connectivity index (χ0) is 14.5. The lowest BCUT2D eigenvalue weighted by Crippen LogP contribution is -2.38. The summed E-state index contributed by atoms with van der Waals surface area (Å²) in [7, 11) is 1.57. The van der Waals surface area contributed by atoms with Gasteiger partial charge < -0.3 is 14.6 Å². The molecule has 4 heteroatoms. The fourth-order valence-electron chi connectivity index (χ4n) is 2.11. The third kappa shape index (κ3) is 3.26. The van der Waals surface area contributed by atoms with Gasteiger partial charge in [-0.2, -0.15) is 0 Å². The van der Waals surface area contributed by atoms with Gasteiger partial charge in [0.15, 0.2) is 0 Å². The van der Waals surface area contributed by atoms with Crippen molar-refractivity contribution in [3.63, 3.8) is 0 Å². The van der Waals surface area contributed by atoms with Gasteiger partial charge in [0, 0.05) is 0 Å². The van der Waals surface area contributed by atoms with Crippen LogP contribution in [0.5, 0.6) is 5.75 Å². The van der Waals surface area contributed by atoms with Gasteiger partial charge >= 0.3 is 5.97 Å². The topological polar surface area (TPSA) is 55.8 Å². The maximum atomic E-state index is 11.9. The Morgan fingerprint density at radius 1 is 1.42 bits per heavy atom. The van der Waals surface area contributed by atoms with Crippen LogP contribution in [-0.4, -0.2) is 24.8 Å². The van der Waals surface area contributed by atoms with Gasteiger partial charge in [-0.25, -0.2) is 0 Å². The van der Waals surface area contributed by atoms with E-state index in [0.29, 0.717) is 24.3 Å². The number of rotatable bonds is 6. The minimum atomic E-state index is -1.25. The molecule has 0 saturated heterocycles. The standard InChI is InChI=1S/C15H22O4/c1-5-15(17,11(3)14(16)19-6-2)12-8-7-9-13(10-12)18-4/h7-11,17H,5-6H2,1-4H3/t11-,15-/m0/s1. The molecule has 2 atom stereocenters. The molecular formula is C15H22O4. The fraction of sp³-hybridized carbons (Fsp3) is 0.533. The molecule has 0 aliphatic carbocycles. The van der Waals surface area contributed by atoms with Crippen LogP contribution in [0.1, 0.15) is 32.8 Å². The van der Waals surface area contributed by atoms with Crippen LogP contribution < -0.4 is 4.74 Å². The van der Waals surface area contributed by atoms with Crippen LogP contribution in [0.25, 0.3) is 0 Å². The summed E-state index contributed by atoms with van der Waals surface area (Å²) in [6.45, 7) is 5.58. The Bertz CT molecular complexity index is 430. The van der Waals surface area contributed by atoms with Crippen LogP contribution in [0, 0.1) is 5.92 Å². The smallest absolute Gasteiger partial charge is 0.311 e. The number of benzene rings is 1. The van der Waals surface area contributed by atoms with Gasteiger partial charge in [0.25, 0.3) is 0 Å². The molecule has 0 fully saturated rings. The number of hydrogen-bond donors (Lipinski definition) is 1. The Kier molecular flexibility index (Phi) is 5.36. The molecule has 0 heterocycles. The van der Waals surface area contributed by atoms with E-state index in [0.717, 1.165) is 0 Å². The normalized spacial score (nSPS) is 15.4. The molecule has 0 bridgehead atoms. The second kappa shape index (κ2) is 6.57. The van der Waals surface area contributed by atoms with Crippen LogP contribution in [0.4, 0.5) is 0 Å². The van der Waals surface area contributed by atoms with Crippen molar-refractivity contribution in [3.8, 4) is 5.75 Å². The molecule has 1 aromatic rings. The molecule has 1 aromatic carbocycles. The van der Waals surface area contributed by atoms with E-state index in [1.54, 1.807) is 45.2 Å². The van der Waals surface area contributed by atoms with Crippen LogP contribution in [-0.2, 0) is 15.1 Å². The number of esters is 1. The molecule has 0 spiro atoms. The molecule has 106 valence electrons. The van der Waals surface area contributed by atoms with Crippen molar-refractivity contribution < 1.29 is 19.4 Å². The lowest BCUT2D eigenvalue weighted by atomic mass is 9.80. The third-order valence-electron chi connectivity index (χ3n) is 3.47. The Morgan fingerprint density at radius 3 is 2.63 bits per heavy atom. The highest BCUT2D eigenvalue weighted by atomic mass is 16.5. The lowest BCUT2D eigenvalue weighted by Gasteiger charge is -2.32. The first-order chi connectivity index (χ1) is 8.99. The van der Waals surface area contributed by atoms with E-state index < -0.39 is 17.5 Å². The van der Waals surface area contributed by atoms with Crippen LogP contribution in [0.15, 0.2) is 24.3 Å². The molecule has 4 nitrogen and oxygen atoms in total. The first kappa shape index (κ1) is 15.5. The van der Waals surface area contributed by atoms with E-state index in [-0.39, 0.29) is 0 Å². The van der Waals surface area contributed by atoms with E-state index in [9.17, 15) is 9.90 Å². The predicted octanol–water partition coefficient (Wildman–Crippen LogP) is 2.49. The van der Waals surface area contributed by atoms with Crippen molar-refractivity contribution in [3.05, 3.63) is 29.8 Å². The minimum absolute atomic E-state index is 0.307. The molecule has 0 aliphatic heterocycles. The average Bonchev–Trinajstić information content (AvgIpc) is 2.45. The fourth-order valence-corrected chi connectivity index (χ4v) is 2.11. The summed E-state index contributed by atoms with van der Waals surface area (Å²) in [4.78, 5) is 11.9. The number of methoxy groups -OCH3 is 1. The molecule has 1 N–H and O–H groups in total. The number of ether oxygens (including phenoxy) is 2. The van der Waals surface area contributed by atoms with E-state index >= 15 is 0 Å². The van der Waals surface area contributed by atoms with Crippen molar-refractivity contribution >= 4 is 5.97 Å². The Balaban J connectivity index is 3.10. The summed E-state index contributed by atoms with van der Waals surface area (Å²) in [5.41, 5.74) is -0.587. The Hall–Kier alpha value is -1.55. The summed E-state index contributed by atoms with van der Waals surface area (Å²) in [5, 5.41) is 10.8. The second-order valence-electron chi connectivity index (χ2n) is 4.48. The van der Waals surface area contributed by atoms with Gasteiger partial charge in [0.05, 0.1) is 19.6 Å². The quantitative estimate of drug-likeness (QED) is 0.804. The first-order valence-corrected chi connectivity index (χ1v) is 6.53. The first-order valence-electron chi connectivity index (χ1n) is 6.53. The molecule has 0 saturated carbocycles. The number of aliphatic hydroxyl groups is 1. The highest BCUT2D eigenvalue weighted by molar-refractivity contribution is 5.74. The summed E-state index contributed by atoms with van der Waals surface area (Å²) in [5.74, 6) is -0.375. The van der Waals surface area contributed by atoms with Crippen molar-refractivity contribution in [1.82, 2.24) is 0 Å². The van der Waals surface area contributed by atoms with Crippen LogP contribution >= 0.6 is 0 Å². The van der Waals surface area contributed by atoms with E-state index in [4.69, 9.17) is 9.47 Å². The van der Waals surface area contributed by atoms with Gasteiger partial charge in [-0.1, -0.05) is 19.1 Å². The summed E-state index contributed by atoms with van der Waals surface area (Å²) in [6.07, 6.45) is 0.417. The molecule has 19 heavy (non-hydrogen) atoms. The number of carbonyl (C=O) groups excluding carboxylic acids is 1. The maximum absolute atomic E-state index is 11.9. The van der Waals surface area contributed by atoms with E-state index in [1.807, 2.05) is 6.92 Å². The van der Waals surface area contributed by atoms with Crippen molar-refractivity contribution in [2.24, 2.45) is 5.92 Å². The van der Waals surface area contributed by atoms with Gasteiger partial charge in [0.1, 0.15) is 11.4 Å². The summed E-state index contributed by atoms with van der Waals surface area (Å²) in [6, 6.07) is 7.14. The van der Waals surface area contributed by atoms with Crippen molar-refractivity contribution in [2.75, 3.05) is 13.7 Å². The van der Waals surface area contributed by atoms with Gasteiger partial charge in [-0.05, 0) is 38.0 Å². The number of hydrogen-bond acceptors (Lipinski definition) is 4. The zero-order valence-electron chi connectivity index (χ0n) is 12.0.